The molecule has 0 aliphatic heterocycles. The smallest absolute Gasteiger partial charge is 0.404 e. The van der Waals surface area contributed by atoms with Gasteiger partial charge in [-0.3, -0.25) is 9.59 Å². The number of ether oxygens (including phenoxy) is 2. The van der Waals surface area contributed by atoms with Crippen LogP contribution < -0.4 is 5.32 Å². The molecule has 0 aliphatic carbocycles. The highest BCUT2D eigenvalue weighted by atomic mass is 16.6. The van der Waals surface area contributed by atoms with E-state index in [-0.39, 0.29) is 19.4 Å². The molecular weight excluding hydrogens is 266 g/mol. The van der Waals surface area contributed by atoms with Gasteiger partial charge in [0.15, 0.2) is 0 Å². The Bertz CT molecular complexity index is 372. The molecule has 114 valence electrons. The first-order valence-electron chi connectivity index (χ1n) is 6.12. The molecule has 7 nitrogen and oxygen atoms in total. The lowest BCUT2D eigenvalue weighted by Crippen LogP contribution is -2.39. The third-order valence-electron chi connectivity index (χ3n) is 1.94. The maximum Gasteiger partial charge on any atom is 0.404 e. The van der Waals surface area contributed by atoms with Crippen LogP contribution in [-0.4, -0.2) is 41.4 Å². The molecule has 0 fully saturated rings. The third kappa shape index (κ3) is 9.93. The van der Waals surface area contributed by atoms with Crippen molar-refractivity contribution in [2.75, 3.05) is 6.61 Å². The molecule has 0 bridgehead atoms. The Morgan fingerprint density at radius 2 is 1.80 bits per heavy atom. The summed E-state index contributed by atoms with van der Waals surface area (Å²) in [6.45, 7) is 8.51. The summed E-state index contributed by atoms with van der Waals surface area (Å²) in [5.41, 5.74) is -0.672. The second-order valence-corrected chi connectivity index (χ2v) is 5.11. The van der Waals surface area contributed by atoms with Crippen molar-refractivity contribution in [3.05, 3.63) is 12.7 Å². The summed E-state index contributed by atoms with van der Waals surface area (Å²) in [5, 5.41) is 10.8. The van der Waals surface area contributed by atoms with E-state index in [0.717, 1.165) is 0 Å². The number of carbonyl (C=O) groups is 3. The summed E-state index contributed by atoms with van der Waals surface area (Å²) in [5.74, 6) is -1.21. The largest absolute Gasteiger partial charge is 0.465 e. The van der Waals surface area contributed by atoms with Crippen LogP contribution in [0.4, 0.5) is 4.79 Å². The fourth-order valence-electron chi connectivity index (χ4n) is 1.35. The Kier molecular flexibility index (Phi) is 7.35. The summed E-state index contributed by atoms with van der Waals surface area (Å²) in [4.78, 5) is 33.7. The molecule has 0 aromatic carbocycles. The fourth-order valence-corrected chi connectivity index (χ4v) is 1.35. The van der Waals surface area contributed by atoms with Crippen molar-refractivity contribution in [3.8, 4) is 0 Å². The molecule has 20 heavy (non-hydrogen) atoms. The number of hydrogen-bond donors (Lipinski definition) is 2. The Balaban J connectivity index is 4.48. The molecule has 0 radical (unpaired) electrons. The van der Waals surface area contributed by atoms with Gasteiger partial charge in [-0.1, -0.05) is 12.7 Å². The van der Waals surface area contributed by atoms with Crippen molar-refractivity contribution in [3.63, 3.8) is 0 Å². The zero-order valence-electron chi connectivity index (χ0n) is 12.0. The number of carbonyl (C=O) groups excluding carboxylic acids is 2. The molecule has 0 spiro atoms. The zero-order chi connectivity index (χ0) is 15.8. The molecule has 0 saturated heterocycles. The lowest BCUT2D eigenvalue weighted by molar-refractivity contribution is -0.155. The molecule has 2 N–H and O–H groups in total. The van der Waals surface area contributed by atoms with Crippen LogP contribution in [0.1, 0.15) is 33.6 Å². The highest BCUT2D eigenvalue weighted by Gasteiger charge is 2.24. The van der Waals surface area contributed by atoms with Crippen molar-refractivity contribution in [1.82, 2.24) is 5.32 Å². The molecule has 1 amide bonds. The molecule has 0 aromatic heterocycles. The van der Waals surface area contributed by atoms with Crippen molar-refractivity contribution in [2.45, 2.75) is 45.3 Å². The maximum absolute atomic E-state index is 11.6. The van der Waals surface area contributed by atoms with Gasteiger partial charge in [0, 0.05) is 0 Å². The van der Waals surface area contributed by atoms with Crippen LogP contribution >= 0.6 is 0 Å². The molecule has 7 heteroatoms. The Labute approximate surface area is 117 Å². The number of rotatable bonds is 7. The molecule has 0 aromatic rings. The van der Waals surface area contributed by atoms with Crippen LogP contribution in [0.3, 0.4) is 0 Å². The lowest BCUT2D eigenvalue weighted by atomic mass is 10.1. The predicted molar refractivity (Wildman–Crippen MR) is 71.2 cm³/mol. The molecule has 1 atom stereocenters. The maximum atomic E-state index is 11.6. The van der Waals surface area contributed by atoms with Gasteiger partial charge in [-0.25, -0.2) is 4.79 Å². The SMILES string of the molecule is C=CCOC(=O)C[C@H](CC(=O)OC(C)(C)C)NC(=O)O. The van der Waals surface area contributed by atoms with E-state index < -0.39 is 29.7 Å². The average molecular weight is 287 g/mol. The van der Waals surface area contributed by atoms with E-state index in [0.29, 0.717) is 0 Å². The van der Waals surface area contributed by atoms with Gasteiger partial charge in [0.05, 0.1) is 18.9 Å². The van der Waals surface area contributed by atoms with E-state index >= 15 is 0 Å². The van der Waals surface area contributed by atoms with Crippen LogP contribution in [0.25, 0.3) is 0 Å². The minimum Gasteiger partial charge on any atom is -0.465 e. The van der Waals surface area contributed by atoms with Gasteiger partial charge in [0.1, 0.15) is 12.2 Å². The minimum atomic E-state index is -1.32. The quantitative estimate of drug-likeness (QED) is 0.543. The molecule has 0 heterocycles. The highest BCUT2D eigenvalue weighted by Crippen LogP contribution is 2.11. The minimum absolute atomic E-state index is 0.0328. The van der Waals surface area contributed by atoms with Crippen LogP contribution in [0.15, 0.2) is 12.7 Å². The van der Waals surface area contributed by atoms with E-state index in [2.05, 4.69) is 11.9 Å². The monoisotopic (exact) mass is 287 g/mol. The summed E-state index contributed by atoms with van der Waals surface area (Å²) >= 11 is 0. The Hall–Kier alpha value is -2.05. The van der Waals surface area contributed by atoms with E-state index in [1.54, 1.807) is 20.8 Å². The molecule has 0 unspecified atom stereocenters. The first-order valence-corrected chi connectivity index (χ1v) is 6.12. The van der Waals surface area contributed by atoms with Gasteiger partial charge < -0.3 is 19.9 Å². The number of amides is 1. The summed E-state index contributed by atoms with van der Waals surface area (Å²) in [7, 11) is 0. The lowest BCUT2D eigenvalue weighted by Gasteiger charge is -2.22. The van der Waals surface area contributed by atoms with Gasteiger partial charge in [-0.05, 0) is 20.8 Å². The van der Waals surface area contributed by atoms with Gasteiger partial charge in [0.25, 0.3) is 0 Å². The Morgan fingerprint density at radius 3 is 2.25 bits per heavy atom. The highest BCUT2D eigenvalue weighted by molar-refractivity contribution is 5.76. The average Bonchev–Trinajstić information content (AvgIpc) is 2.22. The standard InChI is InChI=1S/C13H21NO6/c1-5-6-19-10(15)7-9(14-12(17)18)8-11(16)20-13(2,3)4/h5,9,14H,1,6-8H2,2-4H3,(H,17,18)/t9-/m1/s1. The normalized spacial score (nSPS) is 12.2. The number of carboxylic acid groups (broad SMARTS) is 1. The third-order valence-corrected chi connectivity index (χ3v) is 1.94. The van der Waals surface area contributed by atoms with Crippen LogP contribution in [0.2, 0.25) is 0 Å². The summed E-state index contributed by atoms with van der Waals surface area (Å²) in [6.07, 6.45) is -0.424. The predicted octanol–water partition coefficient (Wildman–Crippen LogP) is 1.47. The van der Waals surface area contributed by atoms with Crippen LogP contribution in [-0.2, 0) is 19.1 Å². The van der Waals surface area contributed by atoms with Crippen molar-refractivity contribution < 1.29 is 29.0 Å². The number of nitrogens with one attached hydrogen (secondary N) is 1. The van der Waals surface area contributed by atoms with E-state index in [9.17, 15) is 14.4 Å². The van der Waals surface area contributed by atoms with E-state index in [4.69, 9.17) is 14.6 Å². The van der Waals surface area contributed by atoms with Crippen molar-refractivity contribution in [1.29, 1.82) is 0 Å². The van der Waals surface area contributed by atoms with Gasteiger partial charge in [-0.2, -0.15) is 0 Å². The Morgan fingerprint density at radius 1 is 1.25 bits per heavy atom. The molecular formula is C13H21NO6. The number of hydrogen-bond acceptors (Lipinski definition) is 5. The summed E-state index contributed by atoms with van der Waals surface area (Å²) in [6, 6.07) is -0.889. The van der Waals surface area contributed by atoms with Gasteiger partial charge in [0.2, 0.25) is 0 Å². The number of esters is 2. The van der Waals surface area contributed by atoms with E-state index in [1.807, 2.05) is 0 Å². The van der Waals surface area contributed by atoms with Crippen molar-refractivity contribution >= 4 is 18.0 Å². The second-order valence-electron chi connectivity index (χ2n) is 5.11. The van der Waals surface area contributed by atoms with Gasteiger partial charge >= 0.3 is 18.0 Å². The van der Waals surface area contributed by atoms with Crippen LogP contribution in [0.5, 0.6) is 0 Å². The van der Waals surface area contributed by atoms with Gasteiger partial charge in [-0.15, -0.1) is 0 Å². The molecule has 0 saturated carbocycles. The first-order chi connectivity index (χ1) is 9.14. The fraction of sp³-hybridized carbons (Fsp3) is 0.615. The van der Waals surface area contributed by atoms with E-state index in [1.165, 1.54) is 6.08 Å². The molecule has 0 rings (SSSR count). The second kappa shape index (κ2) is 8.19. The summed E-state index contributed by atoms with van der Waals surface area (Å²) < 4.78 is 9.82. The topological polar surface area (TPSA) is 102 Å². The first kappa shape index (κ1) is 17.9. The molecule has 0 aliphatic rings. The zero-order valence-corrected chi connectivity index (χ0v) is 12.0. The van der Waals surface area contributed by atoms with Crippen molar-refractivity contribution in [2.24, 2.45) is 0 Å². The van der Waals surface area contributed by atoms with Crippen LogP contribution in [0, 0.1) is 0 Å².